The number of benzene rings is 2. The van der Waals surface area contributed by atoms with Gasteiger partial charge in [-0.25, -0.2) is 0 Å². The molecule has 0 unspecified atom stereocenters. The van der Waals surface area contributed by atoms with Crippen LogP contribution in [0.4, 0.5) is 18.9 Å². The van der Waals surface area contributed by atoms with Crippen LogP contribution in [0, 0.1) is 0 Å². The Kier molecular flexibility index (Phi) is 8.00. The van der Waals surface area contributed by atoms with Crippen LogP contribution in [0.1, 0.15) is 41.6 Å². The maximum absolute atomic E-state index is 14.0. The highest BCUT2D eigenvalue weighted by molar-refractivity contribution is 5.97. The van der Waals surface area contributed by atoms with Crippen molar-refractivity contribution in [2.24, 2.45) is 0 Å². The number of hydrogen-bond acceptors (Lipinski definition) is 5. The molecule has 41 heavy (non-hydrogen) atoms. The summed E-state index contributed by atoms with van der Waals surface area (Å²) in [5.41, 5.74) is -1.00. The van der Waals surface area contributed by atoms with Gasteiger partial charge in [-0.3, -0.25) is 14.4 Å². The van der Waals surface area contributed by atoms with Gasteiger partial charge in [-0.05, 0) is 76.2 Å². The zero-order valence-electron chi connectivity index (χ0n) is 23.4. The summed E-state index contributed by atoms with van der Waals surface area (Å²) in [6.45, 7) is 2.48. The van der Waals surface area contributed by atoms with Crippen LogP contribution in [0.25, 0.3) is 0 Å². The summed E-state index contributed by atoms with van der Waals surface area (Å²) >= 11 is 0. The van der Waals surface area contributed by atoms with Crippen molar-refractivity contribution in [2.75, 3.05) is 58.4 Å². The Morgan fingerprint density at radius 1 is 0.976 bits per heavy atom. The van der Waals surface area contributed by atoms with Crippen molar-refractivity contribution in [2.45, 2.75) is 43.4 Å². The molecule has 0 radical (unpaired) electrons. The molecule has 0 aliphatic carbocycles. The second-order valence-electron chi connectivity index (χ2n) is 11.3. The Hall–Kier alpha value is -3.60. The van der Waals surface area contributed by atoms with Gasteiger partial charge in [0.2, 0.25) is 5.91 Å². The van der Waals surface area contributed by atoms with Gasteiger partial charge in [-0.1, -0.05) is 24.3 Å². The average Bonchev–Trinajstić information content (AvgIpc) is 3.23. The number of anilines is 1. The van der Waals surface area contributed by atoms with E-state index in [1.807, 2.05) is 42.3 Å². The van der Waals surface area contributed by atoms with Gasteiger partial charge < -0.3 is 24.5 Å². The first-order valence-electron chi connectivity index (χ1n) is 14.0. The Balaban J connectivity index is 1.32. The molecule has 0 bridgehead atoms. The van der Waals surface area contributed by atoms with Crippen LogP contribution in [0.15, 0.2) is 54.6 Å². The van der Waals surface area contributed by atoms with E-state index in [1.165, 1.54) is 17.0 Å². The van der Waals surface area contributed by atoms with E-state index in [2.05, 4.69) is 11.9 Å². The minimum atomic E-state index is -4.54. The number of halogens is 3. The van der Waals surface area contributed by atoms with Crippen molar-refractivity contribution in [3.05, 3.63) is 65.7 Å². The van der Waals surface area contributed by atoms with E-state index in [-0.39, 0.29) is 49.7 Å². The van der Waals surface area contributed by atoms with E-state index in [4.69, 9.17) is 0 Å². The van der Waals surface area contributed by atoms with Gasteiger partial charge >= 0.3 is 6.18 Å². The fourth-order valence-corrected chi connectivity index (χ4v) is 6.27. The molecule has 5 rings (SSSR count). The summed E-state index contributed by atoms with van der Waals surface area (Å²) < 4.78 is 39.7. The highest BCUT2D eigenvalue weighted by atomic mass is 19.4. The molecule has 0 N–H and O–H groups in total. The number of likely N-dealkylation sites (tertiary alicyclic amines) is 2. The van der Waals surface area contributed by atoms with Gasteiger partial charge in [0.1, 0.15) is 12.1 Å². The van der Waals surface area contributed by atoms with E-state index in [0.29, 0.717) is 12.8 Å². The van der Waals surface area contributed by atoms with Crippen molar-refractivity contribution in [1.29, 1.82) is 0 Å². The highest BCUT2D eigenvalue weighted by Crippen LogP contribution is 2.40. The van der Waals surface area contributed by atoms with Crippen molar-refractivity contribution in [3.8, 4) is 0 Å². The predicted molar refractivity (Wildman–Crippen MR) is 148 cm³/mol. The quantitative estimate of drug-likeness (QED) is 0.550. The molecule has 3 aliphatic heterocycles. The standard InChI is InChI=1S/C30H36F3N5O3/c1-34-15-11-24(12-16-34)35(2)26(39)20-37-21-38(25-9-4-3-5-10-25)29(28(37)41)13-17-36(18-14-29)27(40)22-7-6-8-23(19-22)30(31,32)33/h3-10,19,24H,11-18,20-21H2,1-2H3. The predicted octanol–water partition coefficient (Wildman–Crippen LogP) is 3.54. The molecule has 0 aromatic heterocycles. The fourth-order valence-electron chi connectivity index (χ4n) is 6.27. The summed E-state index contributed by atoms with van der Waals surface area (Å²) in [4.78, 5) is 49.6. The van der Waals surface area contributed by atoms with Crippen molar-refractivity contribution < 1.29 is 27.6 Å². The largest absolute Gasteiger partial charge is 0.416 e. The first kappa shape index (κ1) is 28.9. The van der Waals surface area contributed by atoms with E-state index in [0.717, 1.165) is 43.8 Å². The van der Waals surface area contributed by atoms with Gasteiger partial charge in [0.05, 0.1) is 12.2 Å². The number of rotatable bonds is 5. The van der Waals surface area contributed by atoms with Gasteiger partial charge in [-0.2, -0.15) is 13.2 Å². The number of para-hydroxylation sites is 1. The lowest BCUT2D eigenvalue weighted by Crippen LogP contribution is -2.57. The molecular weight excluding hydrogens is 535 g/mol. The Bertz CT molecular complexity index is 1270. The molecule has 0 atom stereocenters. The molecular formula is C30H36F3N5O3. The number of carbonyl (C=O) groups excluding carboxylic acids is 3. The highest BCUT2D eigenvalue weighted by Gasteiger charge is 2.54. The lowest BCUT2D eigenvalue weighted by Gasteiger charge is -2.43. The normalized spacial score (nSPS) is 20.1. The third-order valence-electron chi connectivity index (χ3n) is 8.85. The molecule has 2 aromatic rings. The molecule has 1 spiro atoms. The second kappa shape index (κ2) is 11.3. The molecule has 3 amide bonds. The van der Waals surface area contributed by atoms with Crippen LogP contribution in [0.3, 0.4) is 0 Å². The maximum atomic E-state index is 14.0. The van der Waals surface area contributed by atoms with Crippen molar-refractivity contribution in [3.63, 3.8) is 0 Å². The Labute approximate surface area is 238 Å². The Morgan fingerprint density at radius 2 is 1.63 bits per heavy atom. The number of piperidine rings is 2. The molecule has 11 heteroatoms. The Morgan fingerprint density at radius 3 is 2.27 bits per heavy atom. The summed E-state index contributed by atoms with van der Waals surface area (Å²) in [5.74, 6) is -0.748. The average molecular weight is 572 g/mol. The van der Waals surface area contributed by atoms with Gasteiger partial charge in [-0.15, -0.1) is 0 Å². The van der Waals surface area contributed by atoms with E-state index < -0.39 is 23.2 Å². The van der Waals surface area contributed by atoms with Crippen molar-refractivity contribution in [1.82, 2.24) is 19.6 Å². The summed E-state index contributed by atoms with van der Waals surface area (Å²) in [7, 11) is 3.87. The number of carbonyl (C=O) groups is 3. The molecule has 3 aliphatic rings. The van der Waals surface area contributed by atoms with E-state index >= 15 is 0 Å². The minimum Gasteiger partial charge on any atom is -0.341 e. The molecule has 0 saturated carbocycles. The molecule has 3 fully saturated rings. The first-order valence-corrected chi connectivity index (χ1v) is 14.0. The number of likely N-dealkylation sites (N-methyl/N-ethyl adjacent to an activating group) is 1. The van der Waals surface area contributed by atoms with Crippen LogP contribution in [-0.4, -0.2) is 102 Å². The van der Waals surface area contributed by atoms with Crippen molar-refractivity contribution >= 4 is 23.4 Å². The van der Waals surface area contributed by atoms with Crippen LogP contribution < -0.4 is 4.90 Å². The van der Waals surface area contributed by atoms with Gasteiger partial charge in [0.25, 0.3) is 11.8 Å². The van der Waals surface area contributed by atoms with E-state index in [9.17, 15) is 27.6 Å². The lowest BCUT2D eigenvalue weighted by atomic mass is 9.85. The van der Waals surface area contributed by atoms with Crippen LogP contribution in [0.2, 0.25) is 0 Å². The first-order chi connectivity index (χ1) is 19.5. The fraction of sp³-hybridized carbons (Fsp3) is 0.500. The number of nitrogens with zero attached hydrogens (tertiary/aromatic N) is 5. The minimum absolute atomic E-state index is 0.0281. The van der Waals surface area contributed by atoms with Gasteiger partial charge in [0.15, 0.2) is 0 Å². The van der Waals surface area contributed by atoms with E-state index in [1.54, 1.807) is 9.80 Å². The molecule has 3 saturated heterocycles. The number of amides is 3. The zero-order chi connectivity index (χ0) is 29.4. The van der Waals surface area contributed by atoms with Gasteiger partial charge in [0, 0.05) is 37.4 Å². The molecule has 2 aromatic carbocycles. The third kappa shape index (κ3) is 5.77. The second-order valence-corrected chi connectivity index (χ2v) is 11.3. The molecule has 3 heterocycles. The summed E-state index contributed by atoms with van der Waals surface area (Å²) in [5, 5.41) is 0. The zero-order valence-corrected chi connectivity index (χ0v) is 23.4. The summed E-state index contributed by atoms with van der Waals surface area (Å²) in [6.07, 6.45) is -2.15. The molecule has 220 valence electrons. The maximum Gasteiger partial charge on any atom is 0.416 e. The van der Waals surface area contributed by atoms with Crippen LogP contribution in [-0.2, 0) is 15.8 Å². The lowest BCUT2D eigenvalue weighted by molar-refractivity contribution is -0.141. The monoisotopic (exact) mass is 571 g/mol. The summed E-state index contributed by atoms with van der Waals surface area (Å²) in [6, 6.07) is 14.1. The topological polar surface area (TPSA) is 67.4 Å². The van der Waals surface area contributed by atoms with Crippen LogP contribution >= 0.6 is 0 Å². The molecule has 8 nitrogen and oxygen atoms in total. The smallest absolute Gasteiger partial charge is 0.341 e. The SMILES string of the molecule is CN1CCC(N(C)C(=O)CN2CN(c3ccccc3)C3(CCN(C(=O)c4cccc(C(F)(F)F)c4)CC3)C2=O)CC1. The van der Waals surface area contributed by atoms with Crippen LogP contribution in [0.5, 0.6) is 0 Å². The number of alkyl halides is 3. The third-order valence-corrected chi connectivity index (χ3v) is 8.85. The number of hydrogen-bond donors (Lipinski definition) is 0.